The number of ether oxygens (including phenoxy) is 1. The van der Waals surface area contributed by atoms with Crippen LogP contribution in [0.4, 0.5) is 13.2 Å². The van der Waals surface area contributed by atoms with E-state index in [0.29, 0.717) is 11.3 Å². The van der Waals surface area contributed by atoms with Crippen LogP contribution in [0.2, 0.25) is 0 Å². The Bertz CT molecular complexity index is 893. The molecule has 178 valence electrons. The highest BCUT2D eigenvalue weighted by Crippen LogP contribution is 2.30. The van der Waals surface area contributed by atoms with Gasteiger partial charge in [-0.1, -0.05) is 26.8 Å². The lowest BCUT2D eigenvalue weighted by atomic mass is 9.90. The Labute approximate surface area is 192 Å². The van der Waals surface area contributed by atoms with Gasteiger partial charge in [0.1, 0.15) is 11.6 Å². The molecule has 0 aliphatic carbocycles. The first-order valence-electron chi connectivity index (χ1n) is 10.2. The topological polar surface area (TPSA) is 81.6 Å². The SMILES string of the molecule is CCc1cc(OC(F)F)cc(C(C)C)c1CC(N)=O.CN(C)Cc1ccc(SN)c(F)c1. The molecule has 0 spiro atoms. The fourth-order valence-electron chi connectivity index (χ4n) is 3.22. The van der Waals surface area contributed by atoms with E-state index >= 15 is 0 Å². The standard InChI is InChI=1S/C14H19F2NO2.C9H13FN2S/c1-4-9-5-10(19-14(15)16)6-11(8(2)3)12(9)7-13(17)18;1-12(2)6-7-3-4-9(13-11)8(10)5-7/h5-6,8,14H,4,7H2,1-3H3,(H2,17,18);3-5H,6,11H2,1-2H3. The van der Waals surface area contributed by atoms with Crippen molar-refractivity contribution in [2.45, 2.75) is 57.6 Å². The van der Waals surface area contributed by atoms with Crippen LogP contribution in [-0.4, -0.2) is 31.5 Å². The monoisotopic (exact) mass is 471 g/mol. The minimum atomic E-state index is -2.85. The fraction of sp³-hybridized carbons (Fsp3) is 0.435. The van der Waals surface area contributed by atoms with E-state index in [-0.39, 0.29) is 23.9 Å². The number of nitrogens with zero attached hydrogens (tertiary/aromatic N) is 1. The maximum absolute atomic E-state index is 13.2. The Kier molecular flexibility index (Phi) is 11.6. The number of alkyl halides is 2. The molecule has 2 rings (SSSR count). The van der Waals surface area contributed by atoms with Crippen LogP contribution in [0, 0.1) is 5.82 Å². The van der Waals surface area contributed by atoms with Gasteiger partial charge in [-0.2, -0.15) is 8.78 Å². The molecule has 0 aliphatic heterocycles. The second kappa shape index (κ2) is 13.3. The molecular weight excluding hydrogens is 439 g/mol. The molecule has 2 aromatic rings. The Morgan fingerprint density at radius 3 is 2.28 bits per heavy atom. The van der Waals surface area contributed by atoms with Gasteiger partial charge in [0.25, 0.3) is 0 Å². The van der Waals surface area contributed by atoms with Crippen LogP contribution in [0.25, 0.3) is 0 Å². The molecule has 2 aromatic carbocycles. The largest absolute Gasteiger partial charge is 0.435 e. The summed E-state index contributed by atoms with van der Waals surface area (Å²) < 4.78 is 42.2. The van der Waals surface area contributed by atoms with Gasteiger partial charge in [-0.15, -0.1) is 0 Å². The minimum Gasteiger partial charge on any atom is -0.435 e. The van der Waals surface area contributed by atoms with E-state index in [9.17, 15) is 18.0 Å². The minimum absolute atomic E-state index is 0.0980. The molecule has 1 amide bonds. The highest BCUT2D eigenvalue weighted by Gasteiger charge is 2.16. The lowest BCUT2D eigenvalue weighted by molar-refractivity contribution is -0.117. The average molecular weight is 472 g/mol. The fourth-order valence-corrected chi connectivity index (χ4v) is 3.54. The summed E-state index contributed by atoms with van der Waals surface area (Å²) in [5.74, 6) is -0.448. The molecule has 0 heterocycles. The van der Waals surface area contributed by atoms with Crippen molar-refractivity contribution in [3.63, 3.8) is 0 Å². The zero-order valence-electron chi connectivity index (χ0n) is 19.1. The zero-order valence-corrected chi connectivity index (χ0v) is 19.9. The summed E-state index contributed by atoms with van der Waals surface area (Å²) in [5, 5.41) is 5.27. The highest BCUT2D eigenvalue weighted by molar-refractivity contribution is 7.97. The van der Waals surface area contributed by atoms with Crippen molar-refractivity contribution < 1.29 is 22.7 Å². The number of primary amides is 1. The maximum Gasteiger partial charge on any atom is 0.387 e. The van der Waals surface area contributed by atoms with Crippen molar-refractivity contribution in [2.24, 2.45) is 10.9 Å². The molecule has 0 aliphatic rings. The van der Waals surface area contributed by atoms with E-state index in [1.54, 1.807) is 18.2 Å². The van der Waals surface area contributed by atoms with Crippen LogP contribution in [0.3, 0.4) is 0 Å². The number of carbonyl (C=O) groups is 1. The van der Waals surface area contributed by atoms with E-state index < -0.39 is 12.5 Å². The summed E-state index contributed by atoms with van der Waals surface area (Å²) in [6.07, 6.45) is 0.744. The number of carbonyl (C=O) groups excluding carboxylic acids is 1. The highest BCUT2D eigenvalue weighted by atomic mass is 32.2. The van der Waals surface area contributed by atoms with Crippen molar-refractivity contribution in [2.75, 3.05) is 14.1 Å². The molecular formula is C23H32F3N3O2S. The van der Waals surface area contributed by atoms with Crippen LogP contribution in [-0.2, 0) is 24.2 Å². The van der Waals surface area contributed by atoms with Crippen LogP contribution in [0.15, 0.2) is 35.2 Å². The molecule has 0 atom stereocenters. The summed E-state index contributed by atoms with van der Waals surface area (Å²) >= 11 is 0.934. The van der Waals surface area contributed by atoms with E-state index in [0.717, 1.165) is 40.7 Å². The Morgan fingerprint density at radius 1 is 1.19 bits per heavy atom. The van der Waals surface area contributed by atoms with Gasteiger partial charge in [-0.25, -0.2) is 4.39 Å². The Morgan fingerprint density at radius 2 is 1.84 bits per heavy atom. The van der Waals surface area contributed by atoms with Gasteiger partial charge in [0, 0.05) is 6.54 Å². The summed E-state index contributed by atoms with van der Waals surface area (Å²) in [6, 6.07) is 8.23. The van der Waals surface area contributed by atoms with Gasteiger partial charge in [0.05, 0.1) is 11.3 Å². The van der Waals surface area contributed by atoms with Crippen molar-refractivity contribution in [3.05, 3.63) is 58.4 Å². The van der Waals surface area contributed by atoms with E-state index in [1.807, 2.05) is 45.8 Å². The number of nitrogens with two attached hydrogens (primary N) is 2. The third-order valence-electron chi connectivity index (χ3n) is 4.55. The van der Waals surface area contributed by atoms with Gasteiger partial charge in [-0.3, -0.25) is 9.93 Å². The summed E-state index contributed by atoms with van der Waals surface area (Å²) in [7, 11) is 3.90. The number of hydrogen-bond donors (Lipinski definition) is 2. The molecule has 0 bridgehead atoms. The first kappa shape index (κ1) is 27.8. The van der Waals surface area contributed by atoms with Crippen molar-refractivity contribution >= 4 is 17.9 Å². The molecule has 4 N–H and O–H groups in total. The number of amides is 1. The number of benzene rings is 2. The van der Waals surface area contributed by atoms with Crippen molar-refractivity contribution in [1.29, 1.82) is 0 Å². The molecule has 0 saturated heterocycles. The predicted octanol–water partition coefficient (Wildman–Crippen LogP) is 4.85. The van der Waals surface area contributed by atoms with E-state index in [2.05, 4.69) is 4.74 Å². The first-order chi connectivity index (χ1) is 15.0. The van der Waals surface area contributed by atoms with Gasteiger partial charge < -0.3 is 15.4 Å². The zero-order chi connectivity index (χ0) is 24.4. The molecule has 0 fully saturated rings. The van der Waals surface area contributed by atoms with Gasteiger partial charge in [0.15, 0.2) is 0 Å². The van der Waals surface area contributed by atoms with Crippen molar-refractivity contribution in [3.8, 4) is 5.75 Å². The quantitative estimate of drug-likeness (QED) is 0.511. The summed E-state index contributed by atoms with van der Waals surface area (Å²) in [4.78, 5) is 13.6. The predicted molar refractivity (Wildman–Crippen MR) is 123 cm³/mol. The maximum atomic E-state index is 13.2. The lowest BCUT2D eigenvalue weighted by Gasteiger charge is -2.18. The average Bonchev–Trinajstić information content (AvgIpc) is 2.68. The summed E-state index contributed by atoms with van der Waals surface area (Å²) in [5.41, 5.74) is 8.68. The second-order valence-corrected chi connectivity index (χ2v) is 8.48. The molecule has 0 radical (unpaired) electrons. The molecule has 0 saturated carbocycles. The molecule has 32 heavy (non-hydrogen) atoms. The van der Waals surface area contributed by atoms with Crippen LogP contribution >= 0.6 is 11.9 Å². The van der Waals surface area contributed by atoms with Gasteiger partial charge >= 0.3 is 6.61 Å². The number of hydrogen-bond acceptors (Lipinski definition) is 5. The second-order valence-electron chi connectivity index (χ2n) is 7.80. The van der Waals surface area contributed by atoms with E-state index in [4.69, 9.17) is 10.9 Å². The Balaban J connectivity index is 0.000000343. The molecule has 5 nitrogen and oxygen atoms in total. The smallest absolute Gasteiger partial charge is 0.387 e. The third-order valence-corrected chi connectivity index (χ3v) is 5.14. The lowest BCUT2D eigenvalue weighted by Crippen LogP contribution is -2.17. The Hall–Kier alpha value is -2.23. The molecule has 9 heteroatoms. The van der Waals surface area contributed by atoms with Gasteiger partial charge in [-0.05, 0) is 84.9 Å². The molecule has 0 unspecified atom stereocenters. The third kappa shape index (κ3) is 9.10. The van der Waals surface area contributed by atoms with Crippen LogP contribution < -0.4 is 15.6 Å². The van der Waals surface area contributed by atoms with Crippen LogP contribution in [0.5, 0.6) is 5.75 Å². The van der Waals surface area contributed by atoms with E-state index in [1.165, 1.54) is 6.07 Å². The summed E-state index contributed by atoms with van der Waals surface area (Å²) in [6.45, 7) is 3.66. The van der Waals surface area contributed by atoms with Crippen LogP contribution in [0.1, 0.15) is 48.9 Å². The molecule has 0 aromatic heterocycles. The number of rotatable bonds is 9. The first-order valence-corrected chi connectivity index (χ1v) is 11.0. The van der Waals surface area contributed by atoms with Crippen molar-refractivity contribution in [1.82, 2.24) is 4.90 Å². The number of halogens is 3. The number of aryl methyl sites for hydroxylation is 1. The normalized spacial score (nSPS) is 11.0. The van der Waals surface area contributed by atoms with Gasteiger partial charge in [0.2, 0.25) is 5.91 Å².